The predicted octanol–water partition coefficient (Wildman–Crippen LogP) is 2.37. The van der Waals surface area contributed by atoms with Crippen LogP contribution in [0.4, 0.5) is 5.69 Å². The van der Waals surface area contributed by atoms with Crippen LogP contribution >= 0.6 is 0 Å². The molecule has 94 valence electrons. The number of nitro groups is 1. The summed E-state index contributed by atoms with van der Waals surface area (Å²) in [7, 11) is 0. The molecule has 0 radical (unpaired) electrons. The molecule has 1 heterocycles. The predicted molar refractivity (Wildman–Crippen MR) is 66.6 cm³/mol. The van der Waals surface area contributed by atoms with E-state index < -0.39 is 4.92 Å². The van der Waals surface area contributed by atoms with E-state index in [-0.39, 0.29) is 5.69 Å². The van der Waals surface area contributed by atoms with E-state index in [0.29, 0.717) is 5.92 Å². The van der Waals surface area contributed by atoms with Crippen molar-refractivity contribution in [3.8, 4) is 5.69 Å². The average Bonchev–Trinajstić information content (AvgIpc) is 2.76. The molecule has 0 unspecified atom stereocenters. The van der Waals surface area contributed by atoms with Gasteiger partial charge < -0.3 is 0 Å². The number of nitro benzene ring substituents is 1. The maximum absolute atomic E-state index is 10.5. The minimum absolute atomic E-state index is 0.0706. The minimum atomic E-state index is -0.421. The summed E-state index contributed by atoms with van der Waals surface area (Å²) in [5, 5.41) is 18.6. The van der Waals surface area contributed by atoms with E-state index in [1.54, 1.807) is 16.8 Å². The smallest absolute Gasteiger partial charge is 0.258 e. The number of rotatable bonds is 4. The van der Waals surface area contributed by atoms with Gasteiger partial charge in [0, 0.05) is 12.1 Å². The van der Waals surface area contributed by atoms with Gasteiger partial charge in [-0.3, -0.25) is 10.1 Å². The van der Waals surface area contributed by atoms with Crippen molar-refractivity contribution in [2.75, 3.05) is 0 Å². The van der Waals surface area contributed by atoms with Crippen molar-refractivity contribution in [2.45, 2.75) is 20.3 Å². The standard InChI is InChI=1S/C12H14N4O2/c1-9(2)7-10-8-15(14-13-10)11-3-5-12(6-4-11)16(17)18/h3-6,8-9H,7H2,1-2H3. The number of hydrogen-bond acceptors (Lipinski definition) is 4. The second kappa shape index (κ2) is 4.95. The van der Waals surface area contributed by atoms with Crippen LogP contribution in [0.2, 0.25) is 0 Å². The van der Waals surface area contributed by atoms with Crippen molar-refractivity contribution >= 4 is 5.69 Å². The van der Waals surface area contributed by atoms with Gasteiger partial charge in [0.2, 0.25) is 0 Å². The van der Waals surface area contributed by atoms with E-state index in [1.165, 1.54) is 12.1 Å². The van der Waals surface area contributed by atoms with Crippen LogP contribution < -0.4 is 0 Å². The summed E-state index contributed by atoms with van der Waals surface area (Å²) in [6, 6.07) is 6.23. The third-order valence-electron chi connectivity index (χ3n) is 2.48. The molecule has 6 nitrogen and oxygen atoms in total. The molecule has 0 fully saturated rings. The summed E-state index contributed by atoms with van der Waals surface area (Å²) in [5.41, 5.74) is 1.76. The van der Waals surface area contributed by atoms with Gasteiger partial charge in [0.15, 0.2) is 0 Å². The van der Waals surface area contributed by atoms with Gasteiger partial charge in [-0.05, 0) is 24.5 Å². The fourth-order valence-electron chi connectivity index (χ4n) is 1.66. The van der Waals surface area contributed by atoms with Crippen molar-refractivity contribution in [3.63, 3.8) is 0 Å². The molecule has 0 saturated carbocycles. The van der Waals surface area contributed by atoms with Crippen molar-refractivity contribution < 1.29 is 4.92 Å². The Balaban J connectivity index is 2.20. The molecule has 0 N–H and O–H groups in total. The van der Waals surface area contributed by atoms with Crippen molar-refractivity contribution in [1.29, 1.82) is 0 Å². The van der Waals surface area contributed by atoms with E-state index in [1.807, 2.05) is 6.20 Å². The first-order chi connectivity index (χ1) is 8.56. The zero-order valence-electron chi connectivity index (χ0n) is 10.3. The molecule has 1 aromatic carbocycles. The lowest BCUT2D eigenvalue weighted by molar-refractivity contribution is -0.384. The molecule has 0 bridgehead atoms. The van der Waals surface area contributed by atoms with Gasteiger partial charge in [-0.2, -0.15) is 0 Å². The van der Waals surface area contributed by atoms with Gasteiger partial charge in [0.1, 0.15) is 0 Å². The summed E-state index contributed by atoms with van der Waals surface area (Å²) in [4.78, 5) is 10.1. The Bertz CT molecular complexity index is 545. The van der Waals surface area contributed by atoms with Crippen LogP contribution in [0.1, 0.15) is 19.5 Å². The SMILES string of the molecule is CC(C)Cc1cn(-c2ccc([N+](=O)[O-])cc2)nn1. The number of hydrogen-bond donors (Lipinski definition) is 0. The van der Waals surface area contributed by atoms with E-state index >= 15 is 0 Å². The van der Waals surface area contributed by atoms with Gasteiger partial charge >= 0.3 is 0 Å². The Morgan fingerprint density at radius 3 is 2.56 bits per heavy atom. The second-order valence-corrected chi connectivity index (χ2v) is 4.53. The molecule has 0 aliphatic carbocycles. The van der Waals surface area contributed by atoms with Gasteiger partial charge in [-0.1, -0.05) is 19.1 Å². The molecule has 6 heteroatoms. The summed E-state index contributed by atoms with van der Waals surface area (Å²) < 4.78 is 1.63. The third-order valence-corrected chi connectivity index (χ3v) is 2.48. The molecule has 2 aromatic rings. The molecule has 0 spiro atoms. The van der Waals surface area contributed by atoms with Gasteiger partial charge in [0.05, 0.1) is 22.5 Å². The fraction of sp³-hybridized carbons (Fsp3) is 0.333. The maximum atomic E-state index is 10.5. The highest BCUT2D eigenvalue weighted by molar-refractivity contribution is 5.40. The van der Waals surface area contributed by atoms with Crippen LogP contribution in [0.15, 0.2) is 30.5 Å². The van der Waals surface area contributed by atoms with Crippen LogP contribution in [0, 0.1) is 16.0 Å². The van der Waals surface area contributed by atoms with Crippen LogP contribution in [-0.4, -0.2) is 19.9 Å². The Kier molecular flexibility index (Phi) is 3.36. The first-order valence-corrected chi connectivity index (χ1v) is 5.72. The quantitative estimate of drug-likeness (QED) is 0.613. The molecular weight excluding hydrogens is 232 g/mol. The molecule has 0 aliphatic heterocycles. The van der Waals surface area contributed by atoms with E-state index in [0.717, 1.165) is 17.8 Å². The Morgan fingerprint density at radius 2 is 2.00 bits per heavy atom. The molecule has 18 heavy (non-hydrogen) atoms. The lowest BCUT2D eigenvalue weighted by atomic mass is 10.1. The largest absolute Gasteiger partial charge is 0.269 e. The number of nitrogens with zero attached hydrogens (tertiary/aromatic N) is 4. The second-order valence-electron chi connectivity index (χ2n) is 4.53. The summed E-state index contributed by atoms with van der Waals surface area (Å²) in [6.07, 6.45) is 2.72. The lowest BCUT2D eigenvalue weighted by Crippen LogP contribution is -1.95. The van der Waals surface area contributed by atoms with Crippen LogP contribution in [-0.2, 0) is 6.42 Å². The van der Waals surface area contributed by atoms with Crippen LogP contribution in [0.3, 0.4) is 0 Å². The monoisotopic (exact) mass is 246 g/mol. The van der Waals surface area contributed by atoms with Crippen molar-refractivity contribution in [3.05, 3.63) is 46.3 Å². The highest BCUT2D eigenvalue weighted by atomic mass is 16.6. The normalized spacial score (nSPS) is 10.8. The summed E-state index contributed by atoms with van der Waals surface area (Å²) in [6.45, 7) is 4.23. The molecule has 0 aliphatic rings. The highest BCUT2D eigenvalue weighted by Crippen LogP contribution is 2.15. The minimum Gasteiger partial charge on any atom is -0.258 e. The van der Waals surface area contributed by atoms with Crippen LogP contribution in [0.25, 0.3) is 5.69 Å². The van der Waals surface area contributed by atoms with E-state index in [2.05, 4.69) is 24.2 Å². The lowest BCUT2D eigenvalue weighted by Gasteiger charge is -1.99. The van der Waals surface area contributed by atoms with Gasteiger partial charge in [-0.15, -0.1) is 5.10 Å². The Hall–Kier alpha value is -2.24. The van der Waals surface area contributed by atoms with Gasteiger partial charge in [0.25, 0.3) is 5.69 Å². The number of benzene rings is 1. The first-order valence-electron chi connectivity index (χ1n) is 5.72. The average molecular weight is 246 g/mol. The van der Waals surface area contributed by atoms with Crippen molar-refractivity contribution in [1.82, 2.24) is 15.0 Å². The van der Waals surface area contributed by atoms with E-state index in [4.69, 9.17) is 0 Å². The fourth-order valence-corrected chi connectivity index (χ4v) is 1.66. The Morgan fingerprint density at radius 1 is 1.33 bits per heavy atom. The number of non-ortho nitro benzene ring substituents is 1. The highest BCUT2D eigenvalue weighted by Gasteiger charge is 2.07. The van der Waals surface area contributed by atoms with Crippen LogP contribution in [0.5, 0.6) is 0 Å². The summed E-state index contributed by atoms with van der Waals surface area (Å²) in [5.74, 6) is 0.520. The molecule has 2 rings (SSSR count). The zero-order chi connectivity index (χ0) is 13.1. The molecule has 1 aromatic heterocycles. The molecule has 0 saturated heterocycles. The molecule has 0 amide bonds. The topological polar surface area (TPSA) is 73.8 Å². The van der Waals surface area contributed by atoms with E-state index in [9.17, 15) is 10.1 Å². The molecular formula is C12H14N4O2. The zero-order valence-corrected chi connectivity index (χ0v) is 10.3. The van der Waals surface area contributed by atoms with Crippen molar-refractivity contribution in [2.24, 2.45) is 5.92 Å². The summed E-state index contributed by atoms with van der Waals surface area (Å²) >= 11 is 0. The van der Waals surface area contributed by atoms with Gasteiger partial charge in [-0.25, -0.2) is 4.68 Å². The Labute approximate surface area is 104 Å². The first kappa shape index (κ1) is 12.2. The number of aromatic nitrogens is 3. The molecule has 0 atom stereocenters. The third kappa shape index (κ3) is 2.71. The maximum Gasteiger partial charge on any atom is 0.269 e.